The van der Waals surface area contributed by atoms with E-state index in [1.165, 1.54) is 10.5 Å². The highest BCUT2D eigenvalue weighted by Crippen LogP contribution is 2.29. The van der Waals surface area contributed by atoms with Gasteiger partial charge in [-0.3, -0.25) is 9.59 Å². The van der Waals surface area contributed by atoms with Crippen LogP contribution in [0.4, 0.5) is 13.2 Å². The lowest BCUT2D eigenvalue weighted by Crippen LogP contribution is -2.40. The summed E-state index contributed by atoms with van der Waals surface area (Å²) in [6.45, 7) is -0.449. The van der Waals surface area contributed by atoms with Crippen LogP contribution in [0.25, 0.3) is 5.57 Å². The minimum atomic E-state index is -4.43. The molecule has 24 heavy (non-hydrogen) atoms. The zero-order valence-corrected chi connectivity index (χ0v) is 13.7. The van der Waals surface area contributed by atoms with Crippen LogP contribution < -0.4 is 0 Å². The van der Waals surface area contributed by atoms with Gasteiger partial charge in [0.2, 0.25) is 11.8 Å². The third-order valence-electron chi connectivity index (χ3n) is 4.29. The van der Waals surface area contributed by atoms with Gasteiger partial charge in [0.1, 0.15) is 6.54 Å². The predicted molar refractivity (Wildman–Crippen MR) is 84.2 cm³/mol. The Morgan fingerprint density at radius 2 is 2.17 bits per heavy atom. The maximum atomic E-state index is 12.5. The van der Waals surface area contributed by atoms with Gasteiger partial charge in [-0.25, -0.2) is 0 Å². The molecule has 2 amide bonds. The van der Waals surface area contributed by atoms with E-state index in [4.69, 9.17) is 0 Å². The number of hydrogen-bond acceptors (Lipinski definition) is 3. The SMILES string of the molecule is O=C1CC(C(=O)N2CC=C(c3cccs3)CC2)CN1CC(F)(F)F. The van der Waals surface area contributed by atoms with Crippen LogP contribution in [0.15, 0.2) is 23.6 Å². The van der Waals surface area contributed by atoms with Crippen LogP contribution in [0.2, 0.25) is 0 Å². The Morgan fingerprint density at radius 1 is 1.38 bits per heavy atom. The largest absolute Gasteiger partial charge is 0.406 e. The highest BCUT2D eigenvalue weighted by molar-refractivity contribution is 7.11. The molecule has 3 rings (SSSR count). The maximum absolute atomic E-state index is 12.5. The molecule has 1 fully saturated rings. The van der Waals surface area contributed by atoms with E-state index in [9.17, 15) is 22.8 Å². The van der Waals surface area contributed by atoms with E-state index in [0.29, 0.717) is 13.1 Å². The number of alkyl halides is 3. The fourth-order valence-electron chi connectivity index (χ4n) is 3.12. The van der Waals surface area contributed by atoms with E-state index in [1.807, 2.05) is 23.6 Å². The molecule has 1 aromatic rings. The number of carbonyl (C=O) groups excluding carboxylic acids is 2. The summed E-state index contributed by atoms with van der Waals surface area (Å²) in [6.07, 6.45) is -1.86. The number of rotatable bonds is 3. The summed E-state index contributed by atoms with van der Waals surface area (Å²) in [5, 5.41) is 1.99. The van der Waals surface area contributed by atoms with Gasteiger partial charge < -0.3 is 9.80 Å². The molecule has 1 atom stereocenters. The minimum Gasteiger partial charge on any atom is -0.338 e. The van der Waals surface area contributed by atoms with E-state index in [1.54, 1.807) is 16.2 Å². The number of likely N-dealkylation sites (tertiary alicyclic amines) is 1. The average molecular weight is 358 g/mol. The van der Waals surface area contributed by atoms with E-state index in [2.05, 4.69) is 0 Å². The first-order valence-electron chi connectivity index (χ1n) is 7.70. The van der Waals surface area contributed by atoms with Crippen molar-refractivity contribution in [1.82, 2.24) is 9.80 Å². The summed E-state index contributed by atoms with van der Waals surface area (Å²) in [4.78, 5) is 27.7. The maximum Gasteiger partial charge on any atom is 0.406 e. The smallest absolute Gasteiger partial charge is 0.338 e. The summed E-state index contributed by atoms with van der Waals surface area (Å²) in [5.41, 5.74) is 1.19. The van der Waals surface area contributed by atoms with Crippen LogP contribution in [-0.2, 0) is 9.59 Å². The van der Waals surface area contributed by atoms with Crippen LogP contribution in [0, 0.1) is 5.92 Å². The number of halogens is 3. The summed E-state index contributed by atoms with van der Waals surface area (Å²) in [5.74, 6) is -1.50. The van der Waals surface area contributed by atoms with Gasteiger partial charge in [-0.1, -0.05) is 12.1 Å². The Labute approximate surface area is 141 Å². The predicted octanol–water partition coefficient (Wildman–Crippen LogP) is 2.77. The highest BCUT2D eigenvalue weighted by Gasteiger charge is 2.41. The van der Waals surface area contributed by atoms with E-state index in [-0.39, 0.29) is 18.9 Å². The Balaban J connectivity index is 1.59. The second-order valence-electron chi connectivity index (χ2n) is 6.03. The molecule has 0 radical (unpaired) electrons. The van der Waals surface area contributed by atoms with Gasteiger partial charge in [0.15, 0.2) is 0 Å². The summed E-state index contributed by atoms with van der Waals surface area (Å²) >= 11 is 1.64. The van der Waals surface area contributed by atoms with Crippen molar-refractivity contribution < 1.29 is 22.8 Å². The van der Waals surface area contributed by atoms with Crippen molar-refractivity contribution in [3.8, 4) is 0 Å². The van der Waals surface area contributed by atoms with Crippen LogP contribution >= 0.6 is 11.3 Å². The summed E-state index contributed by atoms with van der Waals surface area (Å²) in [7, 11) is 0. The lowest BCUT2D eigenvalue weighted by atomic mass is 10.0. The molecule has 0 aliphatic carbocycles. The number of hydrogen-bond donors (Lipinski definition) is 0. The highest BCUT2D eigenvalue weighted by atomic mass is 32.1. The Kier molecular flexibility index (Phi) is 4.67. The molecule has 0 N–H and O–H groups in total. The number of thiophene rings is 1. The standard InChI is InChI=1S/C16H17F3N2O2S/c17-16(18,19)10-21-9-12(8-14(21)22)15(23)20-5-3-11(4-6-20)13-2-1-7-24-13/h1-3,7,12H,4-6,8-10H2. The molecule has 2 aliphatic heterocycles. The van der Waals surface area contributed by atoms with Gasteiger partial charge in [0.25, 0.3) is 0 Å². The van der Waals surface area contributed by atoms with E-state index in [0.717, 1.165) is 11.3 Å². The Morgan fingerprint density at radius 3 is 2.75 bits per heavy atom. The first-order valence-corrected chi connectivity index (χ1v) is 8.57. The summed E-state index contributed by atoms with van der Waals surface area (Å²) < 4.78 is 37.3. The fourth-order valence-corrected chi connectivity index (χ4v) is 3.92. The molecule has 4 nitrogen and oxygen atoms in total. The van der Waals surface area contributed by atoms with Crippen LogP contribution in [0.5, 0.6) is 0 Å². The van der Waals surface area contributed by atoms with Crippen LogP contribution in [-0.4, -0.2) is 54.0 Å². The van der Waals surface area contributed by atoms with Gasteiger partial charge in [-0.2, -0.15) is 13.2 Å². The van der Waals surface area contributed by atoms with Crippen molar-refractivity contribution in [3.05, 3.63) is 28.5 Å². The first-order chi connectivity index (χ1) is 11.3. The van der Waals surface area contributed by atoms with Gasteiger partial charge in [-0.15, -0.1) is 11.3 Å². The zero-order valence-electron chi connectivity index (χ0n) is 12.9. The molecular formula is C16H17F3N2O2S. The lowest BCUT2D eigenvalue weighted by molar-refractivity contribution is -0.157. The fraction of sp³-hybridized carbons (Fsp3) is 0.500. The third kappa shape index (κ3) is 3.80. The van der Waals surface area contributed by atoms with Crippen molar-refractivity contribution in [2.75, 3.05) is 26.2 Å². The second-order valence-corrected chi connectivity index (χ2v) is 6.98. The van der Waals surface area contributed by atoms with Crippen molar-refractivity contribution in [3.63, 3.8) is 0 Å². The number of nitrogens with zero attached hydrogens (tertiary/aromatic N) is 2. The molecule has 8 heteroatoms. The topological polar surface area (TPSA) is 40.6 Å². The van der Waals surface area contributed by atoms with Crippen LogP contribution in [0.1, 0.15) is 17.7 Å². The first kappa shape index (κ1) is 17.0. The number of carbonyl (C=O) groups is 2. The molecule has 0 bridgehead atoms. The molecule has 1 unspecified atom stereocenters. The molecule has 0 saturated carbocycles. The molecule has 130 valence electrons. The van der Waals surface area contributed by atoms with Crippen LogP contribution in [0.3, 0.4) is 0 Å². The molecule has 1 saturated heterocycles. The van der Waals surface area contributed by atoms with Gasteiger partial charge in [0, 0.05) is 30.9 Å². The molecule has 0 aromatic carbocycles. The van der Waals surface area contributed by atoms with Gasteiger partial charge >= 0.3 is 6.18 Å². The van der Waals surface area contributed by atoms with Crippen molar-refractivity contribution in [1.29, 1.82) is 0 Å². The van der Waals surface area contributed by atoms with Crippen molar-refractivity contribution in [2.24, 2.45) is 5.92 Å². The second kappa shape index (κ2) is 6.58. The van der Waals surface area contributed by atoms with Gasteiger partial charge in [-0.05, 0) is 23.4 Å². The molecule has 1 aromatic heterocycles. The normalized spacial score (nSPS) is 22.0. The molecule has 0 spiro atoms. The molecule has 2 aliphatic rings. The van der Waals surface area contributed by atoms with Crippen molar-refractivity contribution >= 4 is 28.7 Å². The minimum absolute atomic E-state index is 0.132. The average Bonchev–Trinajstić information content (AvgIpc) is 3.16. The lowest BCUT2D eigenvalue weighted by Gasteiger charge is -2.28. The molecule has 3 heterocycles. The van der Waals surface area contributed by atoms with E-state index < -0.39 is 24.5 Å². The van der Waals surface area contributed by atoms with Crippen molar-refractivity contribution in [2.45, 2.75) is 19.0 Å². The zero-order chi connectivity index (χ0) is 17.3. The quantitative estimate of drug-likeness (QED) is 0.834. The van der Waals surface area contributed by atoms with Gasteiger partial charge in [0.05, 0.1) is 5.92 Å². The monoisotopic (exact) mass is 358 g/mol. The van der Waals surface area contributed by atoms with E-state index >= 15 is 0 Å². The Hall–Kier alpha value is -1.83. The summed E-state index contributed by atoms with van der Waals surface area (Å²) in [6, 6.07) is 4.00. The molecular weight excluding hydrogens is 341 g/mol. The Bertz CT molecular complexity index is 655. The number of amides is 2. The third-order valence-corrected chi connectivity index (χ3v) is 5.24.